The van der Waals surface area contributed by atoms with Crippen molar-refractivity contribution in [2.75, 3.05) is 0 Å². The third-order valence-corrected chi connectivity index (χ3v) is 2.04. The molecule has 0 aliphatic carbocycles. The van der Waals surface area contributed by atoms with Gasteiger partial charge in [0.2, 0.25) is 0 Å². The smallest absolute Gasteiger partial charge is 0.253 e. The third kappa shape index (κ3) is 1.71. The van der Waals surface area contributed by atoms with Gasteiger partial charge < -0.3 is 4.57 Å². The summed E-state index contributed by atoms with van der Waals surface area (Å²) in [6, 6.07) is 1.86. The summed E-state index contributed by atoms with van der Waals surface area (Å²) in [7, 11) is 1.76. The van der Waals surface area contributed by atoms with E-state index in [2.05, 4.69) is 15.9 Å². The lowest BCUT2D eigenvalue weighted by Gasteiger charge is -2.01. The molecule has 60 valence electrons. The minimum atomic E-state index is 0.0932. The van der Waals surface area contributed by atoms with E-state index in [9.17, 15) is 4.79 Å². The van der Waals surface area contributed by atoms with E-state index in [4.69, 9.17) is 0 Å². The molecular formula is C8H10BrNO. The van der Waals surface area contributed by atoms with Crippen molar-refractivity contribution < 1.29 is 0 Å². The maximum atomic E-state index is 11.3. The van der Waals surface area contributed by atoms with Crippen molar-refractivity contribution in [3.8, 4) is 0 Å². The number of nitrogens with zero attached hydrogens (tertiary/aromatic N) is 1. The normalized spacial score (nSPS) is 10.1. The van der Waals surface area contributed by atoms with Crippen LogP contribution in [0.5, 0.6) is 0 Å². The van der Waals surface area contributed by atoms with E-state index in [0.717, 1.165) is 16.5 Å². The van der Waals surface area contributed by atoms with Crippen molar-refractivity contribution >= 4 is 15.9 Å². The van der Waals surface area contributed by atoms with Crippen LogP contribution in [0.2, 0.25) is 0 Å². The number of aryl methyl sites for hydroxylation is 2. The van der Waals surface area contributed by atoms with Crippen LogP contribution in [-0.2, 0) is 13.5 Å². The zero-order valence-corrected chi connectivity index (χ0v) is 8.18. The number of pyridine rings is 1. The largest absolute Gasteiger partial charge is 0.317 e. The van der Waals surface area contributed by atoms with Crippen molar-refractivity contribution in [1.82, 2.24) is 4.57 Å². The summed E-state index contributed by atoms with van der Waals surface area (Å²) in [6.07, 6.45) is 2.55. The molecule has 0 bridgehead atoms. The molecule has 1 aromatic heterocycles. The topological polar surface area (TPSA) is 22.0 Å². The summed E-state index contributed by atoms with van der Waals surface area (Å²) in [5.41, 5.74) is 0.942. The molecule has 0 atom stereocenters. The van der Waals surface area contributed by atoms with E-state index in [1.807, 2.05) is 13.0 Å². The molecule has 1 heterocycles. The molecule has 3 heteroatoms. The van der Waals surface area contributed by atoms with E-state index in [1.165, 1.54) is 0 Å². The van der Waals surface area contributed by atoms with Gasteiger partial charge in [0.15, 0.2) is 0 Å². The Morgan fingerprint density at radius 1 is 1.64 bits per heavy atom. The van der Waals surface area contributed by atoms with Gasteiger partial charge >= 0.3 is 0 Å². The lowest BCUT2D eigenvalue weighted by atomic mass is 10.2. The molecule has 0 fully saturated rings. The number of aromatic nitrogens is 1. The highest BCUT2D eigenvalue weighted by atomic mass is 79.9. The number of hydrogen-bond donors (Lipinski definition) is 0. The average molecular weight is 216 g/mol. The lowest BCUT2D eigenvalue weighted by Crippen LogP contribution is -2.19. The molecule has 0 aliphatic rings. The van der Waals surface area contributed by atoms with Crippen LogP contribution in [0.1, 0.15) is 12.5 Å². The molecule has 11 heavy (non-hydrogen) atoms. The molecule has 0 spiro atoms. The van der Waals surface area contributed by atoms with E-state index < -0.39 is 0 Å². The maximum Gasteiger partial charge on any atom is 0.253 e. The molecule has 0 saturated carbocycles. The van der Waals surface area contributed by atoms with Crippen LogP contribution in [0.4, 0.5) is 0 Å². The van der Waals surface area contributed by atoms with Gasteiger partial charge in [-0.25, -0.2) is 0 Å². The van der Waals surface area contributed by atoms with Gasteiger partial charge in [0, 0.05) is 23.3 Å². The molecule has 2 nitrogen and oxygen atoms in total. The average Bonchev–Trinajstić information content (AvgIpc) is 1.96. The van der Waals surface area contributed by atoms with Crippen molar-refractivity contribution in [2.45, 2.75) is 13.3 Å². The first kappa shape index (κ1) is 8.53. The minimum absolute atomic E-state index is 0.0932. The lowest BCUT2D eigenvalue weighted by molar-refractivity contribution is 0.830. The van der Waals surface area contributed by atoms with Crippen LogP contribution >= 0.6 is 15.9 Å². The highest BCUT2D eigenvalue weighted by Crippen LogP contribution is 2.07. The second-order valence-electron chi connectivity index (χ2n) is 2.45. The molecule has 0 aliphatic heterocycles. The molecule has 0 aromatic carbocycles. The number of rotatable bonds is 1. The predicted octanol–water partition coefficient (Wildman–Crippen LogP) is 1.71. The minimum Gasteiger partial charge on any atom is -0.317 e. The van der Waals surface area contributed by atoms with Gasteiger partial charge in [0.05, 0.1) is 0 Å². The van der Waals surface area contributed by atoms with E-state index in [0.29, 0.717) is 0 Å². The first-order valence-electron chi connectivity index (χ1n) is 3.50. The van der Waals surface area contributed by atoms with Gasteiger partial charge in [-0.15, -0.1) is 0 Å². The fraction of sp³-hybridized carbons (Fsp3) is 0.375. The predicted molar refractivity (Wildman–Crippen MR) is 48.8 cm³/mol. The van der Waals surface area contributed by atoms with Gasteiger partial charge in [0.1, 0.15) is 0 Å². The van der Waals surface area contributed by atoms with Crippen LogP contribution in [-0.4, -0.2) is 4.57 Å². The van der Waals surface area contributed by atoms with Crippen molar-refractivity contribution in [3.05, 3.63) is 32.7 Å². The van der Waals surface area contributed by atoms with Gasteiger partial charge in [-0.1, -0.05) is 6.92 Å². The number of halogens is 1. The monoisotopic (exact) mass is 215 g/mol. The van der Waals surface area contributed by atoms with Crippen molar-refractivity contribution in [3.63, 3.8) is 0 Å². The second kappa shape index (κ2) is 3.22. The molecule has 1 aromatic rings. The summed E-state index contributed by atoms with van der Waals surface area (Å²) < 4.78 is 2.54. The summed E-state index contributed by atoms with van der Waals surface area (Å²) >= 11 is 3.33. The zero-order chi connectivity index (χ0) is 8.43. The van der Waals surface area contributed by atoms with Crippen molar-refractivity contribution in [2.24, 2.45) is 7.05 Å². The Hall–Kier alpha value is -0.570. The van der Waals surface area contributed by atoms with E-state index >= 15 is 0 Å². The summed E-state index contributed by atoms with van der Waals surface area (Å²) in [5.74, 6) is 0. The fourth-order valence-electron chi connectivity index (χ4n) is 0.989. The molecule has 0 saturated heterocycles. The van der Waals surface area contributed by atoms with Crippen molar-refractivity contribution in [1.29, 1.82) is 0 Å². The first-order chi connectivity index (χ1) is 5.15. The molecular weight excluding hydrogens is 206 g/mol. The fourth-order valence-corrected chi connectivity index (χ4v) is 1.57. The number of hydrogen-bond acceptors (Lipinski definition) is 1. The SMILES string of the molecule is CCc1cc(Br)cn(C)c1=O. The molecule has 1 rings (SSSR count). The summed E-state index contributed by atoms with van der Waals surface area (Å²) in [4.78, 5) is 11.3. The Balaban J connectivity index is 3.37. The second-order valence-corrected chi connectivity index (χ2v) is 3.37. The van der Waals surface area contributed by atoms with Crippen LogP contribution in [0.25, 0.3) is 0 Å². The molecule has 0 N–H and O–H groups in total. The molecule has 0 amide bonds. The Morgan fingerprint density at radius 3 is 2.82 bits per heavy atom. The summed E-state index contributed by atoms with van der Waals surface area (Å²) in [6.45, 7) is 1.98. The zero-order valence-electron chi connectivity index (χ0n) is 6.60. The Labute approximate surface area is 74.0 Å². The van der Waals surface area contributed by atoms with E-state index in [-0.39, 0.29) is 5.56 Å². The highest BCUT2D eigenvalue weighted by Gasteiger charge is 1.99. The Morgan fingerprint density at radius 2 is 2.27 bits per heavy atom. The summed E-state index contributed by atoms with van der Waals surface area (Å²) in [5, 5.41) is 0. The van der Waals surface area contributed by atoms with Crippen LogP contribution in [0.15, 0.2) is 21.5 Å². The van der Waals surface area contributed by atoms with E-state index in [1.54, 1.807) is 17.8 Å². The quantitative estimate of drug-likeness (QED) is 0.700. The Bertz CT molecular complexity index is 316. The maximum absolute atomic E-state index is 11.3. The van der Waals surface area contributed by atoms with Crippen LogP contribution < -0.4 is 5.56 Å². The van der Waals surface area contributed by atoms with Gasteiger partial charge in [0.25, 0.3) is 5.56 Å². The highest BCUT2D eigenvalue weighted by molar-refractivity contribution is 9.10. The van der Waals surface area contributed by atoms with Crippen LogP contribution in [0.3, 0.4) is 0 Å². The standard InChI is InChI=1S/C8H10BrNO/c1-3-6-4-7(9)5-10(2)8(6)11/h4-5H,3H2,1-2H3. The molecule has 0 radical (unpaired) electrons. The Kier molecular flexibility index (Phi) is 2.49. The van der Waals surface area contributed by atoms with Gasteiger partial charge in [-0.2, -0.15) is 0 Å². The van der Waals surface area contributed by atoms with Crippen LogP contribution in [0, 0.1) is 0 Å². The van der Waals surface area contributed by atoms with Gasteiger partial charge in [-0.05, 0) is 28.4 Å². The van der Waals surface area contributed by atoms with Gasteiger partial charge in [-0.3, -0.25) is 4.79 Å². The first-order valence-corrected chi connectivity index (χ1v) is 4.29. The molecule has 0 unspecified atom stereocenters. The third-order valence-electron chi connectivity index (χ3n) is 1.61.